The number of rotatable bonds is 16. The molecule has 3 amide bonds. The lowest BCUT2D eigenvalue weighted by Gasteiger charge is -2.24. The molecule has 10 nitrogen and oxygen atoms in total. The fourth-order valence-corrected chi connectivity index (χ4v) is 3.28. The minimum atomic E-state index is -1.13. The molecule has 31 heavy (non-hydrogen) atoms. The Kier molecular flexibility index (Phi) is 14.9. The molecular formula is C20H39N5O5S. The van der Waals surface area contributed by atoms with Crippen LogP contribution in [0.15, 0.2) is 0 Å². The zero-order chi connectivity index (χ0) is 24.0. The summed E-state index contributed by atoms with van der Waals surface area (Å²) in [5.41, 5.74) is 11.3. The molecule has 0 heterocycles. The van der Waals surface area contributed by atoms with E-state index in [0.717, 1.165) is 5.75 Å². The first-order valence-electron chi connectivity index (χ1n) is 10.6. The van der Waals surface area contributed by atoms with Crippen molar-refractivity contribution in [2.24, 2.45) is 17.4 Å². The van der Waals surface area contributed by atoms with Crippen LogP contribution in [0.25, 0.3) is 0 Å². The van der Waals surface area contributed by atoms with E-state index in [4.69, 9.17) is 11.5 Å². The van der Waals surface area contributed by atoms with E-state index in [2.05, 4.69) is 16.0 Å². The van der Waals surface area contributed by atoms with Crippen LogP contribution in [0.4, 0.5) is 0 Å². The summed E-state index contributed by atoms with van der Waals surface area (Å²) in [6.45, 7) is 5.66. The van der Waals surface area contributed by atoms with E-state index >= 15 is 0 Å². The van der Waals surface area contributed by atoms with Crippen molar-refractivity contribution in [2.45, 2.75) is 77.0 Å². The minimum absolute atomic E-state index is 0.0669. The van der Waals surface area contributed by atoms with Crippen LogP contribution >= 0.6 is 11.8 Å². The van der Waals surface area contributed by atoms with Crippen molar-refractivity contribution >= 4 is 35.5 Å². The van der Waals surface area contributed by atoms with Gasteiger partial charge in [-0.3, -0.25) is 14.4 Å². The van der Waals surface area contributed by atoms with E-state index in [1.165, 1.54) is 6.92 Å². The van der Waals surface area contributed by atoms with Gasteiger partial charge >= 0.3 is 5.97 Å². The summed E-state index contributed by atoms with van der Waals surface area (Å²) in [4.78, 5) is 48.9. The second-order valence-electron chi connectivity index (χ2n) is 7.99. The third-order valence-electron chi connectivity index (χ3n) is 4.62. The summed E-state index contributed by atoms with van der Waals surface area (Å²) in [5.74, 6) is -1.91. The molecule has 0 spiro atoms. The number of unbranched alkanes of at least 4 members (excludes halogenated alkanes) is 1. The summed E-state index contributed by atoms with van der Waals surface area (Å²) in [7, 11) is 0. The Morgan fingerprint density at radius 2 is 1.52 bits per heavy atom. The zero-order valence-corrected chi connectivity index (χ0v) is 19.8. The molecule has 0 saturated heterocycles. The maximum Gasteiger partial charge on any atom is 0.326 e. The van der Waals surface area contributed by atoms with Crippen molar-refractivity contribution in [3.63, 3.8) is 0 Å². The molecule has 0 aromatic heterocycles. The largest absolute Gasteiger partial charge is 0.480 e. The molecule has 0 rings (SSSR count). The smallest absolute Gasteiger partial charge is 0.326 e. The van der Waals surface area contributed by atoms with Gasteiger partial charge in [-0.05, 0) is 63.5 Å². The molecule has 0 radical (unpaired) electrons. The van der Waals surface area contributed by atoms with E-state index in [1.807, 2.05) is 20.1 Å². The second kappa shape index (κ2) is 15.9. The molecule has 4 atom stereocenters. The van der Waals surface area contributed by atoms with Crippen LogP contribution in [-0.4, -0.2) is 71.5 Å². The molecular weight excluding hydrogens is 422 g/mol. The Morgan fingerprint density at radius 3 is 2.03 bits per heavy atom. The van der Waals surface area contributed by atoms with Gasteiger partial charge in [0.2, 0.25) is 17.7 Å². The number of carbonyl (C=O) groups is 4. The summed E-state index contributed by atoms with van der Waals surface area (Å²) < 4.78 is 0. The monoisotopic (exact) mass is 461 g/mol. The number of hydrogen-bond donors (Lipinski definition) is 6. The number of nitrogens with one attached hydrogen (secondary N) is 3. The molecule has 0 aromatic carbocycles. The molecule has 11 heteroatoms. The van der Waals surface area contributed by atoms with Gasteiger partial charge in [0, 0.05) is 0 Å². The van der Waals surface area contributed by atoms with Crippen molar-refractivity contribution in [1.82, 2.24) is 16.0 Å². The third kappa shape index (κ3) is 12.6. The van der Waals surface area contributed by atoms with Crippen molar-refractivity contribution < 1.29 is 24.3 Å². The first kappa shape index (κ1) is 29.1. The van der Waals surface area contributed by atoms with Gasteiger partial charge in [-0.1, -0.05) is 13.8 Å². The molecule has 0 aliphatic carbocycles. The van der Waals surface area contributed by atoms with Crippen molar-refractivity contribution in [2.75, 3.05) is 18.6 Å². The average molecular weight is 462 g/mol. The first-order chi connectivity index (χ1) is 14.5. The number of hydrogen-bond acceptors (Lipinski definition) is 7. The quantitative estimate of drug-likeness (QED) is 0.171. The number of amides is 3. The predicted octanol–water partition coefficient (Wildman–Crippen LogP) is -0.199. The van der Waals surface area contributed by atoms with Gasteiger partial charge in [-0.2, -0.15) is 11.8 Å². The molecule has 180 valence electrons. The highest BCUT2D eigenvalue weighted by atomic mass is 32.2. The number of carbonyl (C=O) groups excluding carboxylic acids is 3. The Labute approximate surface area is 189 Å². The van der Waals surface area contributed by atoms with Gasteiger partial charge in [0.05, 0.1) is 6.04 Å². The minimum Gasteiger partial charge on any atom is -0.480 e. The fraction of sp³-hybridized carbons (Fsp3) is 0.800. The van der Waals surface area contributed by atoms with Crippen LogP contribution in [0.3, 0.4) is 0 Å². The van der Waals surface area contributed by atoms with Gasteiger partial charge in [-0.25, -0.2) is 4.79 Å². The fourth-order valence-electron chi connectivity index (χ4n) is 2.79. The third-order valence-corrected chi connectivity index (χ3v) is 5.27. The highest BCUT2D eigenvalue weighted by molar-refractivity contribution is 7.98. The van der Waals surface area contributed by atoms with Gasteiger partial charge in [-0.15, -0.1) is 0 Å². The van der Waals surface area contributed by atoms with Crippen LogP contribution in [0, 0.1) is 5.92 Å². The van der Waals surface area contributed by atoms with Crippen molar-refractivity contribution in [3.05, 3.63) is 0 Å². The summed E-state index contributed by atoms with van der Waals surface area (Å²) >= 11 is 1.57. The Hall–Kier alpha value is -1.85. The summed E-state index contributed by atoms with van der Waals surface area (Å²) in [6.07, 6.45) is 4.20. The SMILES string of the molecule is CSCC[C@H](N)C(=O)N[C@@H](C)C(=O)N[C@@H](CCCCN)C(=O)N[C@@H](CC(C)C)C(=O)O. The van der Waals surface area contributed by atoms with Gasteiger partial charge in [0.25, 0.3) is 0 Å². The van der Waals surface area contributed by atoms with E-state index in [0.29, 0.717) is 32.2 Å². The van der Waals surface area contributed by atoms with E-state index in [-0.39, 0.29) is 12.3 Å². The highest BCUT2D eigenvalue weighted by Gasteiger charge is 2.28. The van der Waals surface area contributed by atoms with Gasteiger partial charge < -0.3 is 32.5 Å². The van der Waals surface area contributed by atoms with Crippen LogP contribution in [-0.2, 0) is 19.2 Å². The van der Waals surface area contributed by atoms with Gasteiger partial charge in [0.1, 0.15) is 18.1 Å². The molecule has 0 fully saturated rings. The number of carboxylic acids is 1. The number of carboxylic acid groups (broad SMARTS) is 1. The zero-order valence-electron chi connectivity index (χ0n) is 19.0. The molecule has 0 saturated carbocycles. The van der Waals surface area contributed by atoms with E-state index in [1.54, 1.807) is 11.8 Å². The summed E-state index contributed by atoms with van der Waals surface area (Å²) in [5, 5.41) is 17.0. The Balaban J connectivity index is 5.06. The standard InChI is InChI=1S/C20H39N5O5S/c1-12(2)11-16(20(29)30)25-19(28)15(7-5-6-9-21)24-17(26)13(3)23-18(27)14(22)8-10-31-4/h12-16H,5-11,21-22H2,1-4H3,(H,23,27)(H,24,26)(H,25,28)(H,29,30)/t13-,14-,15-,16-/m0/s1. The molecule has 0 bridgehead atoms. The molecule has 0 aromatic rings. The average Bonchev–Trinajstić information content (AvgIpc) is 2.69. The van der Waals surface area contributed by atoms with Gasteiger partial charge in [0.15, 0.2) is 0 Å². The molecule has 0 aliphatic rings. The van der Waals surface area contributed by atoms with E-state index in [9.17, 15) is 24.3 Å². The number of aliphatic carboxylic acids is 1. The number of nitrogens with two attached hydrogens (primary N) is 2. The molecule has 8 N–H and O–H groups in total. The lowest BCUT2D eigenvalue weighted by Crippen LogP contribution is -2.56. The lowest BCUT2D eigenvalue weighted by molar-refractivity contribution is -0.142. The van der Waals surface area contributed by atoms with Crippen LogP contribution in [0.2, 0.25) is 0 Å². The molecule has 0 aliphatic heterocycles. The van der Waals surface area contributed by atoms with Crippen LogP contribution < -0.4 is 27.4 Å². The normalized spacial score (nSPS) is 14.9. The first-order valence-corrected chi connectivity index (χ1v) is 12.0. The maximum atomic E-state index is 12.7. The predicted molar refractivity (Wildman–Crippen MR) is 122 cm³/mol. The topological polar surface area (TPSA) is 177 Å². The Bertz CT molecular complexity index is 590. The van der Waals surface area contributed by atoms with Crippen LogP contribution in [0.5, 0.6) is 0 Å². The highest BCUT2D eigenvalue weighted by Crippen LogP contribution is 2.08. The maximum absolute atomic E-state index is 12.7. The Morgan fingerprint density at radius 1 is 0.903 bits per heavy atom. The van der Waals surface area contributed by atoms with Crippen molar-refractivity contribution in [3.8, 4) is 0 Å². The van der Waals surface area contributed by atoms with Crippen LogP contribution in [0.1, 0.15) is 52.9 Å². The molecule has 0 unspecified atom stereocenters. The lowest BCUT2D eigenvalue weighted by atomic mass is 10.0. The summed E-state index contributed by atoms with van der Waals surface area (Å²) in [6, 6.07) is -3.60. The second-order valence-corrected chi connectivity index (χ2v) is 8.98. The number of thioether (sulfide) groups is 1. The van der Waals surface area contributed by atoms with E-state index < -0.39 is 47.9 Å². The van der Waals surface area contributed by atoms with Crippen molar-refractivity contribution in [1.29, 1.82) is 0 Å².